The predicted octanol–water partition coefficient (Wildman–Crippen LogP) is 2.37. The third kappa shape index (κ3) is 5.82. The van der Waals surface area contributed by atoms with Gasteiger partial charge in [-0.2, -0.15) is 20.0 Å². The summed E-state index contributed by atoms with van der Waals surface area (Å²) in [5, 5.41) is 45.3. The molecular formula is C30H32FN7O5. The minimum atomic E-state index is -0.987. The second-order valence-corrected chi connectivity index (χ2v) is 11.3. The summed E-state index contributed by atoms with van der Waals surface area (Å²) >= 11 is 0. The summed E-state index contributed by atoms with van der Waals surface area (Å²) in [4.78, 5) is 26.4. The van der Waals surface area contributed by atoms with Gasteiger partial charge in [0.15, 0.2) is 5.82 Å². The molecule has 1 atom stereocenters. The summed E-state index contributed by atoms with van der Waals surface area (Å²) in [7, 11) is 1.47. The Bertz CT molecular complexity index is 1940. The molecule has 0 spiro atoms. The number of nitrogens with zero attached hydrogens (tertiary/aromatic N) is 6. The number of aromatic nitrogens is 6. The van der Waals surface area contributed by atoms with Crippen LogP contribution in [0, 0.1) is 5.82 Å². The highest BCUT2D eigenvalue weighted by Gasteiger charge is 2.21. The maximum atomic E-state index is 15.3. The largest absolute Gasteiger partial charge is 0.394 e. The maximum absolute atomic E-state index is 15.3. The van der Waals surface area contributed by atoms with Crippen molar-refractivity contribution in [1.82, 2.24) is 29.3 Å². The van der Waals surface area contributed by atoms with Gasteiger partial charge in [0.25, 0.3) is 11.1 Å². The summed E-state index contributed by atoms with van der Waals surface area (Å²) in [5.41, 5.74) is 0.656. The molecule has 43 heavy (non-hydrogen) atoms. The summed E-state index contributed by atoms with van der Waals surface area (Å²) < 4.78 is 18.9. The van der Waals surface area contributed by atoms with Gasteiger partial charge in [-0.15, -0.1) is 0 Å². The van der Waals surface area contributed by atoms with Gasteiger partial charge >= 0.3 is 0 Å². The molecule has 224 valence electrons. The van der Waals surface area contributed by atoms with Crippen molar-refractivity contribution in [2.75, 3.05) is 11.9 Å². The number of hydrogen-bond acceptors (Lipinski definition) is 9. The van der Waals surface area contributed by atoms with Gasteiger partial charge in [-0.05, 0) is 35.2 Å². The molecule has 1 unspecified atom stereocenters. The van der Waals surface area contributed by atoms with Crippen LogP contribution in [0.15, 0.2) is 64.4 Å². The molecule has 3 aromatic heterocycles. The van der Waals surface area contributed by atoms with Crippen molar-refractivity contribution in [3.63, 3.8) is 0 Å². The summed E-state index contributed by atoms with van der Waals surface area (Å²) in [6, 6.07) is 11.1. The van der Waals surface area contributed by atoms with Gasteiger partial charge in [0.1, 0.15) is 11.5 Å². The number of hydrogen-bond donors (Lipinski definition) is 4. The summed E-state index contributed by atoms with van der Waals surface area (Å²) in [5.74, 6) is -0.340. The first kappa shape index (κ1) is 29.8. The second-order valence-electron chi connectivity index (χ2n) is 11.3. The molecule has 0 saturated heterocycles. The third-order valence-corrected chi connectivity index (χ3v) is 7.09. The Hall–Kier alpha value is -4.72. The molecule has 0 aliphatic carbocycles. The number of halogens is 1. The number of benzene rings is 2. The standard InChI is InChI=1S/C30H32FN7O5/c1-30(2,3)18-10-17-13-32-38(29(43)27(17)22(31)11-18)25-7-5-6-20(21(25)16-40)23-12-24(28(42)36(4)34-23)33-26-8-9-37(35-26)14-19(41)15-39/h5-13,19,39-41H,14-16H2,1-4H3,(H,33,35). The minimum absolute atomic E-state index is 0.0638. The average molecular weight is 590 g/mol. The zero-order valence-corrected chi connectivity index (χ0v) is 24.1. The Morgan fingerprint density at radius 3 is 2.51 bits per heavy atom. The first-order valence-corrected chi connectivity index (χ1v) is 13.5. The van der Waals surface area contributed by atoms with E-state index in [2.05, 4.69) is 20.6 Å². The Labute approximate surface area is 245 Å². The van der Waals surface area contributed by atoms with Crippen molar-refractivity contribution in [3.8, 4) is 16.9 Å². The van der Waals surface area contributed by atoms with Crippen LogP contribution in [0.25, 0.3) is 27.7 Å². The first-order chi connectivity index (χ1) is 20.4. The lowest BCUT2D eigenvalue weighted by Crippen LogP contribution is -2.24. The number of aryl methyl sites for hydroxylation is 1. The molecule has 0 amide bonds. The molecule has 0 saturated carbocycles. The third-order valence-electron chi connectivity index (χ3n) is 7.09. The van der Waals surface area contributed by atoms with Gasteiger partial charge in [0, 0.05) is 35.8 Å². The number of aliphatic hydroxyl groups excluding tert-OH is 3. The van der Waals surface area contributed by atoms with E-state index in [1.807, 2.05) is 20.8 Å². The van der Waals surface area contributed by atoms with Gasteiger partial charge in [-0.25, -0.2) is 9.07 Å². The van der Waals surface area contributed by atoms with Crippen LogP contribution in [0.4, 0.5) is 15.9 Å². The molecule has 2 aromatic carbocycles. The Kier molecular flexibility index (Phi) is 7.97. The number of rotatable bonds is 8. The molecule has 0 aliphatic rings. The van der Waals surface area contributed by atoms with Crippen molar-refractivity contribution < 1.29 is 19.7 Å². The zero-order chi connectivity index (χ0) is 31.1. The van der Waals surface area contributed by atoms with E-state index in [1.165, 1.54) is 30.1 Å². The lowest BCUT2D eigenvalue weighted by molar-refractivity contribution is 0.0783. The molecule has 3 heterocycles. The SMILES string of the molecule is Cn1nc(-c2cccc(-n3ncc4cc(C(C)(C)C)cc(F)c4c3=O)c2CO)cc(Nc2ccn(CC(O)CO)n2)c1=O. The molecule has 5 rings (SSSR count). The summed E-state index contributed by atoms with van der Waals surface area (Å²) in [6.45, 7) is 4.99. The van der Waals surface area contributed by atoms with Crippen molar-refractivity contribution in [1.29, 1.82) is 0 Å². The van der Waals surface area contributed by atoms with E-state index in [4.69, 9.17) is 5.11 Å². The van der Waals surface area contributed by atoms with Crippen LogP contribution in [0.1, 0.15) is 31.9 Å². The van der Waals surface area contributed by atoms with E-state index >= 15 is 4.39 Å². The van der Waals surface area contributed by atoms with Crippen LogP contribution in [0.2, 0.25) is 0 Å². The van der Waals surface area contributed by atoms with Crippen LogP contribution in [-0.2, 0) is 25.6 Å². The Balaban J connectivity index is 1.58. The summed E-state index contributed by atoms with van der Waals surface area (Å²) in [6.07, 6.45) is 2.02. The normalized spacial score (nSPS) is 12.6. The van der Waals surface area contributed by atoms with Crippen LogP contribution in [0.5, 0.6) is 0 Å². The second kappa shape index (κ2) is 11.5. The fourth-order valence-electron chi connectivity index (χ4n) is 4.79. The van der Waals surface area contributed by atoms with E-state index in [-0.39, 0.29) is 28.7 Å². The smallest absolute Gasteiger partial charge is 0.290 e. The molecule has 0 radical (unpaired) electrons. The van der Waals surface area contributed by atoms with E-state index in [1.54, 1.807) is 36.5 Å². The highest BCUT2D eigenvalue weighted by Crippen LogP contribution is 2.30. The lowest BCUT2D eigenvalue weighted by Gasteiger charge is -2.20. The van der Waals surface area contributed by atoms with E-state index in [0.29, 0.717) is 28.0 Å². The van der Waals surface area contributed by atoms with Gasteiger partial charge in [-0.1, -0.05) is 32.9 Å². The fourth-order valence-corrected chi connectivity index (χ4v) is 4.79. The quantitative estimate of drug-likeness (QED) is 0.213. The zero-order valence-electron chi connectivity index (χ0n) is 24.1. The molecule has 4 N–H and O–H groups in total. The number of aliphatic hydroxyl groups is 3. The number of fused-ring (bicyclic) bond motifs is 1. The number of nitrogens with one attached hydrogen (secondary N) is 1. The highest BCUT2D eigenvalue weighted by molar-refractivity contribution is 5.83. The first-order valence-electron chi connectivity index (χ1n) is 13.5. The van der Waals surface area contributed by atoms with Gasteiger partial charge in [0.05, 0.1) is 48.8 Å². The molecule has 0 fully saturated rings. The monoisotopic (exact) mass is 589 g/mol. The predicted molar refractivity (Wildman–Crippen MR) is 159 cm³/mol. The lowest BCUT2D eigenvalue weighted by atomic mass is 9.86. The topological polar surface area (TPSA) is 160 Å². The van der Waals surface area contributed by atoms with Crippen molar-refractivity contribution >= 4 is 22.3 Å². The van der Waals surface area contributed by atoms with Crippen LogP contribution in [0.3, 0.4) is 0 Å². The molecule has 13 heteroatoms. The minimum Gasteiger partial charge on any atom is -0.394 e. The molecule has 0 aliphatic heterocycles. The van der Waals surface area contributed by atoms with Crippen LogP contribution < -0.4 is 16.4 Å². The fraction of sp³-hybridized carbons (Fsp3) is 0.300. The molecule has 5 aromatic rings. The average Bonchev–Trinajstić information content (AvgIpc) is 3.40. The van der Waals surface area contributed by atoms with E-state index < -0.39 is 36.3 Å². The van der Waals surface area contributed by atoms with Crippen molar-refractivity contribution in [3.05, 3.63) is 92.5 Å². The molecule has 12 nitrogen and oxygen atoms in total. The Morgan fingerprint density at radius 1 is 1.05 bits per heavy atom. The van der Waals surface area contributed by atoms with Gasteiger partial charge < -0.3 is 20.6 Å². The van der Waals surface area contributed by atoms with Gasteiger partial charge in [0.2, 0.25) is 0 Å². The van der Waals surface area contributed by atoms with Crippen molar-refractivity contribution in [2.45, 2.75) is 45.4 Å². The van der Waals surface area contributed by atoms with Crippen LogP contribution >= 0.6 is 0 Å². The van der Waals surface area contributed by atoms with Crippen LogP contribution in [-0.4, -0.2) is 57.4 Å². The highest BCUT2D eigenvalue weighted by atomic mass is 19.1. The number of anilines is 2. The van der Waals surface area contributed by atoms with E-state index in [0.717, 1.165) is 14.9 Å². The molecular weight excluding hydrogens is 557 g/mol. The van der Waals surface area contributed by atoms with E-state index in [9.17, 15) is 19.8 Å². The maximum Gasteiger partial charge on any atom is 0.290 e. The Morgan fingerprint density at radius 2 is 1.81 bits per heavy atom. The molecule has 0 bridgehead atoms. The van der Waals surface area contributed by atoms with Gasteiger partial charge in [-0.3, -0.25) is 14.3 Å². The van der Waals surface area contributed by atoms with Crippen molar-refractivity contribution in [2.24, 2.45) is 7.05 Å².